The van der Waals surface area contributed by atoms with Gasteiger partial charge < -0.3 is 14.2 Å². The van der Waals surface area contributed by atoms with Crippen LogP contribution < -0.4 is 10.3 Å². The number of ether oxygens (including phenoxy) is 1. The van der Waals surface area contributed by atoms with E-state index >= 15 is 0 Å². The van der Waals surface area contributed by atoms with Crippen LogP contribution in [0.25, 0.3) is 22.0 Å². The van der Waals surface area contributed by atoms with Gasteiger partial charge in [0.05, 0.1) is 12.6 Å². The van der Waals surface area contributed by atoms with Crippen molar-refractivity contribution in [2.45, 2.75) is 19.9 Å². The van der Waals surface area contributed by atoms with Crippen molar-refractivity contribution in [1.82, 2.24) is 19.4 Å². The minimum absolute atomic E-state index is 0.0601. The molecule has 1 amide bonds. The molecule has 32 heavy (non-hydrogen) atoms. The van der Waals surface area contributed by atoms with E-state index in [1.165, 1.54) is 11.3 Å². The third-order valence-electron chi connectivity index (χ3n) is 6.02. The first kappa shape index (κ1) is 20.4. The first-order valence-electron chi connectivity index (χ1n) is 10.3. The van der Waals surface area contributed by atoms with Crippen LogP contribution in [0, 0.1) is 6.92 Å². The van der Waals surface area contributed by atoms with Gasteiger partial charge in [0.2, 0.25) is 0 Å². The number of pyridine rings is 2. The summed E-state index contributed by atoms with van der Waals surface area (Å²) in [6.07, 6.45) is 0.626. The van der Waals surface area contributed by atoms with Crippen molar-refractivity contribution in [3.63, 3.8) is 0 Å². The monoisotopic (exact) mass is 446 g/mol. The van der Waals surface area contributed by atoms with Gasteiger partial charge in [-0.3, -0.25) is 9.59 Å². The molecule has 8 heteroatoms. The Kier molecular flexibility index (Phi) is 5.01. The molecule has 0 fully saturated rings. The average molecular weight is 447 g/mol. The van der Waals surface area contributed by atoms with Crippen molar-refractivity contribution in [3.8, 4) is 16.9 Å². The highest BCUT2D eigenvalue weighted by molar-refractivity contribution is 7.07. The van der Waals surface area contributed by atoms with Gasteiger partial charge in [-0.05, 0) is 42.3 Å². The van der Waals surface area contributed by atoms with Crippen molar-refractivity contribution in [3.05, 3.63) is 74.2 Å². The van der Waals surface area contributed by atoms with Gasteiger partial charge in [-0.2, -0.15) is 0 Å². The smallest absolute Gasteiger partial charge is 0.273 e. The van der Waals surface area contributed by atoms with Crippen LogP contribution in [0.15, 0.2) is 46.0 Å². The molecule has 0 saturated heterocycles. The van der Waals surface area contributed by atoms with E-state index in [9.17, 15) is 9.59 Å². The zero-order valence-corrected chi connectivity index (χ0v) is 18.9. The zero-order valence-electron chi connectivity index (χ0n) is 18.1. The summed E-state index contributed by atoms with van der Waals surface area (Å²) >= 11 is 1.41. The molecule has 1 aromatic carbocycles. The van der Waals surface area contributed by atoms with Gasteiger partial charge in [0.15, 0.2) is 0 Å². The van der Waals surface area contributed by atoms with Gasteiger partial charge in [0.25, 0.3) is 11.5 Å². The van der Waals surface area contributed by atoms with E-state index in [-0.39, 0.29) is 11.5 Å². The number of methoxy groups -OCH3 is 1. The molecule has 0 aliphatic carbocycles. The molecule has 162 valence electrons. The summed E-state index contributed by atoms with van der Waals surface area (Å²) in [4.78, 5) is 36.8. The fourth-order valence-corrected chi connectivity index (χ4v) is 4.89. The number of thiazole rings is 1. The Morgan fingerprint density at radius 3 is 2.78 bits per heavy atom. The Balaban J connectivity index is 1.63. The van der Waals surface area contributed by atoms with Crippen molar-refractivity contribution < 1.29 is 9.53 Å². The quantitative estimate of drug-likeness (QED) is 0.481. The first-order valence-corrected chi connectivity index (χ1v) is 11.3. The molecule has 0 atom stereocenters. The Labute approximate surface area is 188 Å². The zero-order chi connectivity index (χ0) is 22.4. The summed E-state index contributed by atoms with van der Waals surface area (Å²) < 4.78 is 7.21. The Morgan fingerprint density at radius 2 is 2.03 bits per heavy atom. The number of rotatable bonds is 3. The topological polar surface area (TPSA) is 77.3 Å². The molecule has 7 nitrogen and oxygen atoms in total. The van der Waals surface area contributed by atoms with Crippen LogP contribution in [0.3, 0.4) is 0 Å². The highest BCUT2D eigenvalue weighted by Gasteiger charge is 2.26. The predicted molar refractivity (Wildman–Crippen MR) is 124 cm³/mol. The lowest BCUT2D eigenvalue weighted by Crippen LogP contribution is -2.39. The molecule has 4 aromatic rings. The molecule has 1 aliphatic rings. The van der Waals surface area contributed by atoms with Crippen LogP contribution in [0.4, 0.5) is 0 Å². The second kappa shape index (κ2) is 7.87. The Hall–Kier alpha value is -3.52. The molecule has 4 heterocycles. The maximum Gasteiger partial charge on any atom is 0.273 e. The second-order valence-corrected chi connectivity index (χ2v) is 8.63. The number of nitrogens with zero attached hydrogens (tertiary/aromatic N) is 4. The van der Waals surface area contributed by atoms with Crippen LogP contribution >= 0.6 is 11.3 Å². The summed E-state index contributed by atoms with van der Waals surface area (Å²) in [6.45, 7) is 2.93. The van der Waals surface area contributed by atoms with E-state index in [0.29, 0.717) is 36.5 Å². The number of carbonyl (C=O) groups excluding carboxylic acids is 1. The number of aryl methyl sites for hydroxylation is 1. The third kappa shape index (κ3) is 3.27. The molecule has 3 aromatic heterocycles. The average Bonchev–Trinajstić information content (AvgIpc) is 3.35. The van der Waals surface area contributed by atoms with Crippen LogP contribution in [0.5, 0.6) is 5.75 Å². The van der Waals surface area contributed by atoms with Crippen molar-refractivity contribution in [1.29, 1.82) is 0 Å². The van der Waals surface area contributed by atoms with E-state index in [2.05, 4.69) is 9.97 Å². The molecule has 0 saturated carbocycles. The summed E-state index contributed by atoms with van der Waals surface area (Å²) in [7, 11) is 3.42. The lowest BCUT2D eigenvalue weighted by atomic mass is 9.96. The van der Waals surface area contributed by atoms with Crippen LogP contribution in [-0.4, -0.2) is 39.0 Å². The molecule has 0 spiro atoms. The minimum Gasteiger partial charge on any atom is -0.494 e. The summed E-state index contributed by atoms with van der Waals surface area (Å²) in [5.74, 6) is 0.587. The predicted octanol–water partition coefficient (Wildman–Crippen LogP) is 3.57. The van der Waals surface area contributed by atoms with Gasteiger partial charge >= 0.3 is 0 Å². The number of hydrogen-bond donors (Lipinski definition) is 0. The van der Waals surface area contributed by atoms with Gasteiger partial charge in [-0.1, -0.05) is 6.07 Å². The fraction of sp³-hybridized carbons (Fsp3) is 0.250. The Morgan fingerprint density at radius 1 is 1.19 bits per heavy atom. The second-order valence-electron chi connectivity index (χ2n) is 7.91. The largest absolute Gasteiger partial charge is 0.494 e. The maximum atomic E-state index is 13.3. The number of carbonyl (C=O) groups is 1. The molecule has 0 unspecified atom stereocenters. The van der Waals surface area contributed by atoms with Gasteiger partial charge in [0, 0.05) is 54.3 Å². The van der Waals surface area contributed by atoms with E-state index in [0.717, 1.165) is 33.4 Å². The number of benzene rings is 1. The lowest BCUT2D eigenvalue weighted by Gasteiger charge is -2.30. The molecule has 0 radical (unpaired) electrons. The standard InChI is InChI=1S/C24H22N4O3S/c1-14-4-5-17-16(6-7-21(31-3)22(17)26-14)18-10-15-11-28(24(30)19-12-32-13-25-19)9-8-20(15)27(2)23(18)29/h4-7,10,12-13H,8-9,11H2,1-3H3. The van der Waals surface area contributed by atoms with E-state index in [1.807, 2.05) is 37.3 Å². The molecular weight excluding hydrogens is 424 g/mol. The molecular formula is C24H22N4O3S. The molecule has 5 rings (SSSR count). The van der Waals surface area contributed by atoms with Gasteiger partial charge in [-0.15, -0.1) is 11.3 Å². The fourth-order valence-electron chi connectivity index (χ4n) is 4.36. The van der Waals surface area contributed by atoms with Crippen molar-refractivity contribution in [2.24, 2.45) is 7.05 Å². The lowest BCUT2D eigenvalue weighted by molar-refractivity contribution is 0.0727. The van der Waals surface area contributed by atoms with Crippen LogP contribution in [-0.2, 0) is 20.0 Å². The third-order valence-corrected chi connectivity index (χ3v) is 6.60. The summed E-state index contributed by atoms with van der Waals surface area (Å²) in [5, 5.41) is 2.63. The minimum atomic E-state index is -0.0816. The highest BCUT2D eigenvalue weighted by atomic mass is 32.1. The molecule has 0 bridgehead atoms. The van der Waals surface area contributed by atoms with Gasteiger partial charge in [0.1, 0.15) is 17.0 Å². The highest BCUT2D eigenvalue weighted by Crippen LogP contribution is 2.33. The SMILES string of the molecule is COc1ccc(-c2cc3c(n(C)c2=O)CCN(C(=O)c2cscn2)C3)c2ccc(C)nc12. The molecule has 1 aliphatic heterocycles. The first-order chi connectivity index (χ1) is 15.5. The van der Waals surface area contributed by atoms with E-state index < -0.39 is 0 Å². The number of amides is 1. The van der Waals surface area contributed by atoms with E-state index in [4.69, 9.17) is 4.74 Å². The molecule has 0 N–H and O–H groups in total. The van der Waals surface area contributed by atoms with Crippen LogP contribution in [0.2, 0.25) is 0 Å². The number of fused-ring (bicyclic) bond motifs is 2. The van der Waals surface area contributed by atoms with E-state index in [1.54, 1.807) is 34.5 Å². The summed E-state index contributed by atoms with van der Waals surface area (Å²) in [5.41, 5.74) is 7.01. The number of hydrogen-bond acceptors (Lipinski definition) is 6. The maximum absolute atomic E-state index is 13.3. The summed E-state index contributed by atoms with van der Waals surface area (Å²) in [6, 6.07) is 9.59. The van der Waals surface area contributed by atoms with Crippen molar-refractivity contribution >= 4 is 28.1 Å². The van der Waals surface area contributed by atoms with Crippen molar-refractivity contribution in [2.75, 3.05) is 13.7 Å². The number of aromatic nitrogens is 3. The van der Waals surface area contributed by atoms with Crippen LogP contribution in [0.1, 0.15) is 27.4 Å². The van der Waals surface area contributed by atoms with Gasteiger partial charge in [-0.25, -0.2) is 9.97 Å². The normalized spacial score (nSPS) is 13.3. The Bertz CT molecular complexity index is 1410.